The van der Waals surface area contributed by atoms with E-state index >= 15 is 0 Å². The number of carbonyl (C=O) groups is 3. The Bertz CT molecular complexity index is 706. The van der Waals surface area contributed by atoms with Crippen LogP contribution >= 0.6 is 0 Å². The maximum atomic E-state index is 13.0. The minimum Gasteiger partial charge on any atom is -0.348 e. The molecule has 1 aliphatic heterocycles. The van der Waals surface area contributed by atoms with E-state index in [-0.39, 0.29) is 30.3 Å². The number of imide groups is 1. The van der Waals surface area contributed by atoms with Crippen LogP contribution in [0.2, 0.25) is 0 Å². The van der Waals surface area contributed by atoms with Crippen molar-refractivity contribution in [1.29, 1.82) is 0 Å². The molecule has 0 aromatic heterocycles. The van der Waals surface area contributed by atoms with Crippen molar-refractivity contribution in [3.05, 3.63) is 35.9 Å². The van der Waals surface area contributed by atoms with Gasteiger partial charge in [0.05, 0.1) is 6.04 Å². The Kier molecular flexibility index (Phi) is 5.82. The summed E-state index contributed by atoms with van der Waals surface area (Å²) in [5.74, 6) is -0.462. The van der Waals surface area contributed by atoms with E-state index in [9.17, 15) is 14.4 Å². The summed E-state index contributed by atoms with van der Waals surface area (Å²) in [6.07, 6.45) is 5.28. The second kappa shape index (κ2) is 8.11. The van der Waals surface area contributed by atoms with Crippen molar-refractivity contribution in [2.75, 3.05) is 6.54 Å². The van der Waals surface area contributed by atoms with Crippen molar-refractivity contribution in [2.45, 2.75) is 64.0 Å². The first kappa shape index (κ1) is 19.4. The average molecular weight is 371 g/mol. The SMILES string of the molecule is CCC[C@H](NC(=O)CN1C(=O)N[C@@]2(CCCC[C@H]2C)C1=O)c1ccccc1. The van der Waals surface area contributed by atoms with Gasteiger partial charge < -0.3 is 10.6 Å². The Balaban J connectivity index is 1.68. The van der Waals surface area contributed by atoms with Crippen molar-refractivity contribution in [3.63, 3.8) is 0 Å². The number of rotatable bonds is 6. The maximum absolute atomic E-state index is 13.0. The number of nitrogens with one attached hydrogen (secondary N) is 2. The first-order chi connectivity index (χ1) is 13.0. The zero-order valence-electron chi connectivity index (χ0n) is 16.2. The molecule has 1 saturated heterocycles. The summed E-state index contributed by atoms with van der Waals surface area (Å²) < 4.78 is 0. The Hall–Kier alpha value is -2.37. The third kappa shape index (κ3) is 3.84. The molecule has 0 bridgehead atoms. The van der Waals surface area contributed by atoms with Crippen LogP contribution in [-0.2, 0) is 9.59 Å². The minimum atomic E-state index is -0.822. The van der Waals surface area contributed by atoms with Gasteiger partial charge in [0.25, 0.3) is 5.91 Å². The molecule has 1 heterocycles. The van der Waals surface area contributed by atoms with Crippen LogP contribution in [-0.4, -0.2) is 34.8 Å². The van der Waals surface area contributed by atoms with Crippen LogP contribution in [0.4, 0.5) is 4.79 Å². The lowest BCUT2D eigenvalue weighted by Crippen LogP contribution is -2.54. The van der Waals surface area contributed by atoms with Crippen LogP contribution in [0, 0.1) is 5.92 Å². The Morgan fingerprint density at radius 1 is 1.30 bits per heavy atom. The zero-order valence-corrected chi connectivity index (χ0v) is 16.2. The monoisotopic (exact) mass is 371 g/mol. The molecule has 27 heavy (non-hydrogen) atoms. The topological polar surface area (TPSA) is 78.5 Å². The van der Waals surface area contributed by atoms with Crippen LogP contribution in [0.25, 0.3) is 0 Å². The molecule has 2 fully saturated rings. The molecular weight excluding hydrogens is 342 g/mol. The second-order valence-electron chi connectivity index (χ2n) is 7.76. The highest BCUT2D eigenvalue weighted by atomic mass is 16.2. The molecule has 2 aliphatic rings. The van der Waals surface area contributed by atoms with Crippen LogP contribution in [0.5, 0.6) is 0 Å². The predicted octanol–water partition coefficient (Wildman–Crippen LogP) is 3.14. The standard InChI is InChI=1S/C21H29N3O3/c1-3-9-17(16-11-5-4-6-12-16)22-18(25)14-24-19(26)21(23-20(24)27)13-8-7-10-15(21)2/h4-6,11-12,15,17H,3,7-10,13-14H2,1-2H3,(H,22,25)(H,23,27)/t15-,17+,21-/m1/s1. The zero-order chi connectivity index (χ0) is 19.4. The van der Waals surface area contributed by atoms with Crippen LogP contribution in [0.3, 0.4) is 0 Å². The number of hydrogen-bond donors (Lipinski definition) is 2. The fraction of sp³-hybridized carbons (Fsp3) is 0.571. The molecule has 6 nitrogen and oxygen atoms in total. The quantitative estimate of drug-likeness (QED) is 0.754. The van der Waals surface area contributed by atoms with E-state index in [1.807, 2.05) is 37.3 Å². The summed E-state index contributed by atoms with van der Waals surface area (Å²) >= 11 is 0. The van der Waals surface area contributed by atoms with Crippen molar-refractivity contribution >= 4 is 17.8 Å². The molecule has 3 atom stereocenters. The van der Waals surface area contributed by atoms with Gasteiger partial charge in [-0.1, -0.05) is 63.4 Å². The van der Waals surface area contributed by atoms with Crippen molar-refractivity contribution in [3.8, 4) is 0 Å². The van der Waals surface area contributed by atoms with E-state index in [0.717, 1.165) is 42.6 Å². The third-order valence-electron chi connectivity index (χ3n) is 5.92. The Labute approximate surface area is 160 Å². The molecule has 1 saturated carbocycles. The molecule has 1 aromatic carbocycles. The van der Waals surface area contributed by atoms with Gasteiger partial charge in [0.1, 0.15) is 12.1 Å². The van der Waals surface area contributed by atoms with Gasteiger partial charge >= 0.3 is 6.03 Å². The fourth-order valence-corrected chi connectivity index (χ4v) is 4.32. The molecule has 0 radical (unpaired) electrons. The number of benzene rings is 1. The van der Waals surface area contributed by atoms with Crippen molar-refractivity contribution < 1.29 is 14.4 Å². The van der Waals surface area contributed by atoms with Crippen molar-refractivity contribution in [2.24, 2.45) is 5.92 Å². The van der Waals surface area contributed by atoms with E-state index in [1.54, 1.807) is 0 Å². The number of hydrogen-bond acceptors (Lipinski definition) is 3. The van der Waals surface area contributed by atoms with Gasteiger partial charge in [0, 0.05) is 0 Å². The van der Waals surface area contributed by atoms with E-state index in [2.05, 4.69) is 17.6 Å². The highest BCUT2D eigenvalue weighted by Gasteiger charge is 2.55. The Morgan fingerprint density at radius 3 is 2.70 bits per heavy atom. The smallest absolute Gasteiger partial charge is 0.325 e. The van der Waals surface area contributed by atoms with Crippen LogP contribution < -0.4 is 10.6 Å². The lowest BCUT2D eigenvalue weighted by Gasteiger charge is -2.36. The molecule has 3 rings (SSSR count). The predicted molar refractivity (Wildman–Crippen MR) is 103 cm³/mol. The van der Waals surface area contributed by atoms with Gasteiger partial charge in [0.2, 0.25) is 5.91 Å². The molecule has 2 N–H and O–H groups in total. The normalized spacial score (nSPS) is 26.1. The molecule has 4 amide bonds. The molecule has 1 aromatic rings. The van der Waals surface area contributed by atoms with Gasteiger partial charge in [-0.15, -0.1) is 0 Å². The largest absolute Gasteiger partial charge is 0.348 e. The number of urea groups is 1. The number of carbonyl (C=O) groups excluding carboxylic acids is 3. The summed E-state index contributed by atoms with van der Waals surface area (Å²) in [6.45, 7) is 3.84. The van der Waals surface area contributed by atoms with Crippen LogP contribution in [0.15, 0.2) is 30.3 Å². The molecule has 1 aliphatic carbocycles. The van der Waals surface area contributed by atoms with Gasteiger partial charge in [-0.25, -0.2) is 4.79 Å². The summed E-state index contributed by atoms with van der Waals surface area (Å²) in [6, 6.07) is 9.21. The summed E-state index contributed by atoms with van der Waals surface area (Å²) in [7, 11) is 0. The first-order valence-electron chi connectivity index (χ1n) is 9.96. The lowest BCUT2D eigenvalue weighted by atomic mass is 9.73. The number of nitrogens with zero attached hydrogens (tertiary/aromatic N) is 1. The molecule has 1 spiro atoms. The molecule has 146 valence electrons. The van der Waals surface area contributed by atoms with Gasteiger partial charge in [-0.05, 0) is 30.7 Å². The summed E-state index contributed by atoms with van der Waals surface area (Å²) in [5.41, 5.74) is 0.208. The Morgan fingerprint density at radius 2 is 2.04 bits per heavy atom. The second-order valence-corrected chi connectivity index (χ2v) is 7.76. The lowest BCUT2D eigenvalue weighted by molar-refractivity contribution is -0.137. The average Bonchev–Trinajstić information content (AvgIpc) is 2.89. The first-order valence-corrected chi connectivity index (χ1v) is 9.96. The van der Waals surface area contributed by atoms with Crippen molar-refractivity contribution in [1.82, 2.24) is 15.5 Å². The molecule has 0 unspecified atom stereocenters. The molecular formula is C21H29N3O3. The highest BCUT2D eigenvalue weighted by molar-refractivity contribution is 6.09. The van der Waals surface area contributed by atoms with E-state index in [1.165, 1.54) is 0 Å². The highest BCUT2D eigenvalue weighted by Crippen LogP contribution is 2.38. The van der Waals surface area contributed by atoms with Crippen LogP contribution in [0.1, 0.15) is 64.0 Å². The summed E-state index contributed by atoms with van der Waals surface area (Å²) in [5, 5.41) is 5.88. The van der Waals surface area contributed by atoms with E-state index in [4.69, 9.17) is 0 Å². The van der Waals surface area contributed by atoms with Gasteiger partial charge in [-0.2, -0.15) is 0 Å². The molecule has 6 heteroatoms. The summed E-state index contributed by atoms with van der Waals surface area (Å²) in [4.78, 5) is 39.1. The minimum absolute atomic E-state index is 0.0907. The van der Waals surface area contributed by atoms with E-state index < -0.39 is 11.6 Å². The van der Waals surface area contributed by atoms with Gasteiger partial charge in [0.15, 0.2) is 0 Å². The maximum Gasteiger partial charge on any atom is 0.325 e. The third-order valence-corrected chi connectivity index (χ3v) is 5.92. The van der Waals surface area contributed by atoms with E-state index in [0.29, 0.717) is 6.42 Å². The van der Waals surface area contributed by atoms with Gasteiger partial charge in [-0.3, -0.25) is 14.5 Å². The number of amides is 4. The fourth-order valence-electron chi connectivity index (χ4n) is 4.32.